The predicted molar refractivity (Wildman–Crippen MR) is 63.8 cm³/mol. The van der Waals surface area contributed by atoms with Crippen LogP contribution in [0, 0.1) is 0 Å². The minimum absolute atomic E-state index is 0.174. The fraction of sp³-hybridized carbons (Fsp3) is 0.500. The van der Waals surface area contributed by atoms with Crippen LogP contribution in [-0.4, -0.2) is 32.0 Å². The van der Waals surface area contributed by atoms with Gasteiger partial charge >= 0.3 is 0 Å². The van der Waals surface area contributed by atoms with E-state index in [2.05, 4.69) is 0 Å². The highest BCUT2D eigenvalue weighted by Crippen LogP contribution is 2.33. The van der Waals surface area contributed by atoms with Crippen molar-refractivity contribution < 1.29 is 18.3 Å². The third-order valence-corrected chi connectivity index (χ3v) is 5.49. The highest BCUT2D eigenvalue weighted by molar-refractivity contribution is 7.92. The molecule has 4 nitrogen and oxygen atoms in total. The molecule has 0 amide bonds. The average molecular weight is 256 g/mol. The molecule has 0 heterocycles. The van der Waals surface area contributed by atoms with Crippen molar-refractivity contribution >= 4 is 9.84 Å². The highest BCUT2D eigenvalue weighted by Gasteiger charge is 2.38. The van der Waals surface area contributed by atoms with E-state index in [1.165, 1.54) is 13.2 Å². The van der Waals surface area contributed by atoms with Crippen molar-refractivity contribution in [3.8, 4) is 5.75 Å². The van der Waals surface area contributed by atoms with E-state index in [1.807, 2.05) is 0 Å². The summed E-state index contributed by atoms with van der Waals surface area (Å²) in [5.74, 6) is 0.339. The second-order valence-corrected chi connectivity index (χ2v) is 6.37. The van der Waals surface area contributed by atoms with E-state index >= 15 is 0 Å². The molecule has 1 aromatic rings. The molecule has 5 heteroatoms. The van der Waals surface area contributed by atoms with E-state index in [1.54, 1.807) is 18.2 Å². The van der Waals surface area contributed by atoms with Crippen molar-refractivity contribution in [1.82, 2.24) is 0 Å². The van der Waals surface area contributed by atoms with E-state index in [0.29, 0.717) is 18.6 Å². The molecule has 1 saturated carbocycles. The normalized spacial score (nSPS) is 24.8. The van der Waals surface area contributed by atoms with Crippen LogP contribution in [0.2, 0.25) is 0 Å². The molecular weight excluding hydrogens is 240 g/mol. The van der Waals surface area contributed by atoms with E-state index in [4.69, 9.17) is 4.74 Å². The summed E-state index contributed by atoms with van der Waals surface area (Å²) >= 11 is 0. The summed E-state index contributed by atoms with van der Waals surface area (Å²) in [6.07, 6.45) is 1.06. The van der Waals surface area contributed by atoms with Crippen LogP contribution in [0.4, 0.5) is 0 Å². The van der Waals surface area contributed by atoms with Crippen molar-refractivity contribution in [3.63, 3.8) is 0 Å². The number of hydrogen-bond acceptors (Lipinski definition) is 4. The molecule has 2 rings (SSSR count). The summed E-state index contributed by atoms with van der Waals surface area (Å²) in [5.41, 5.74) is 0. The molecule has 2 atom stereocenters. The van der Waals surface area contributed by atoms with Crippen LogP contribution in [0.3, 0.4) is 0 Å². The second-order valence-electron chi connectivity index (χ2n) is 4.23. The smallest absolute Gasteiger partial charge is 0.187 e. The number of sulfone groups is 1. The molecular formula is C12H16O4S. The van der Waals surface area contributed by atoms with E-state index < -0.39 is 21.2 Å². The summed E-state index contributed by atoms with van der Waals surface area (Å²) in [7, 11) is -2.06. The Morgan fingerprint density at radius 3 is 2.59 bits per heavy atom. The first-order valence-electron chi connectivity index (χ1n) is 5.62. The van der Waals surface area contributed by atoms with Crippen molar-refractivity contribution in [2.24, 2.45) is 0 Å². The van der Waals surface area contributed by atoms with Gasteiger partial charge in [0, 0.05) is 0 Å². The van der Waals surface area contributed by atoms with Gasteiger partial charge in [0.25, 0.3) is 0 Å². The molecule has 0 radical (unpaired) electrons. The lowest BCUT2D eigenvalue weighted by atomic mass is 10.3. The number of aliphatic hydroxyl groups excluding tert-OH is 1. The fourth-order valence-electron chi connectivity index (χ4n) is 2.29. The summed E-state index contributed by atoms with van der Waals surface area (Å²) < 4.78 is 29.8. The zero-order valence-corrected chi connectivity index (χ0v) is 10.5. The van der Waals surface area contributed by atoms with Gasteiger partial charge < -0.3 is 9.84 Å². The molecule has 1 aliphatic carbocycles. The van der Waals surface area contributed by atoms with Gasteiger partial charge in [-0.2, -0.15) is 0 Å². The summed E-state index contributed by atoms with van der Waals surface area (Å²) in [4.78, 5) is 0.174. The predicted octanol–water partition coefficient (Wildman–Crippen LogP) is 1.38. The van der Waals surface area contributed by atoms with Gasteiger partial charge in [-0.25, -0.2) is 8.42 Å². The maximum absolute atomic E-state index is 12.4. The van der Waals surface area contributed by atoms with Gasteiger partial charge in [-0.05, 0) is 31.4 Å². The Bertz CT molecular complexity index is 495. The zero-order chi connectivity index (χ0) is 12.5. The molecule has 0 bridgehead atoms. The molecule has 17 heavy (non-hydrogen) atoms. The number of benzene rings is 1. The Balaban J connectivity index is 2.44. The summed E-state index contributed by atoms with van der Waals surface area (Å²) in [6.45, 7) is 0. The van der Waals surface area contributed by atoms with Gasteiger partial charge in [0.15, 0.2) is 9.84 Å². The number of rotatable bonds is 3. The second kappa shape index (κ2) is 4.66. The first-order valence-corrected chi connectivity index (χ1v) is 7.17. The Morgan fingerprint density at radius 2 is 2.00 bits per heavy atom. The maximum Gasteiger partial charge on any atom is 0.187 e. The number of ether oxygens (including phenoxy) is 1. The standard InChI is InChI=1S/C12H16O4S/c1-16-10-6-2-3-7-12(10)17(14,15)11-8-4-5-9(11)13/h2-3,6-7,9,11,13H,4-5,8H2,1H3. The molecule has 0 aromatic heterocycles. The lowest BCUT2D eigenvalue weighted by Gasteiger charge is -2.17. The van der Waals surface area contributed by atoms with E-state index in [9.17, 15) is 13.5 Å². The number of hydrogen-bond donors (Lipinski definition) is 1. The van der Waals surface area contributed by atoms with Gasteiger partial charge in [0.05, 0.1) is 18.5 Å². The average Bonchev–Trinajstić information content (AvgIpc) is 2.76. The largest absolute Gasteiger partial charge is 0.495 e. The first kappa shape index (κ1) is 12.4. The molecule has 1 fully saturated rings. The van der Waals surface area contributed by atoms with Gasteiger partial charge in [0.2, 0.25) is 0 Å². The summed E-state index contributed by atoms with van der Waals surface area (Å²) in [5, 5.41) is 9.03. The monoisotopic (exact) mass is 256 g/mol. The lowest BCUT2D eigenvalue weighted by molar-refractivity contribution is 0.185. The highest BCUT2D eigenvalue weighted by atomic mass is 32.2. The molecule has 2 unspecified atom stereocenters. The molecule has 1 N–H and O–H groups in total. The molecule has 1 aromatic carbocycles. The Hall–Kier alpha value is -1.07. The SMILES string of the molecule is COc1ccccc1S(=O)(=O)C1CCCC1O. The third kappa shape index (κ3) is 2.17. The minimum atomic E-state index is -3.51. The number of aliphatic hydroxyl groups is 1. The van der Waals surface area contributed by atoms with Gasteiger partial charge in [-0.3, -0.25) is 0 Å². The first-order chi connectivity index (χ1) is 8.07. The van der Waals surface area contributed by atoms with Crippen molar-refractivity contribution in [2.75, 3.05) is 7.11 Å². The van der Waals surface area contributed by atoms with Crippen LogP contribution >= 0.6 is 0 Å². The Kier molecular flexibility index (Phi) is 3.40. The zero-order valence-electron chi connectivity index (χ0n) is 9.67. The van der Waals surface area contributed by atoms with Crippen molar-refractivity contribution in [3.05, 3.63) is 24.3 Å². The molecule has 94 valence electrons. The quantitative estimate of drug-likeness (QED) is 0.887. The fourth-order valence-corrected chi connectivity index (χ4v) is 4.34. The topological polar surface area (TPSA) is 63.6 Å². The maximum atomic E-state index is 12.4. The molecule has 0 spiro atoms. The van der Waals surface area contributed by atoms with Crippen molar-refractivity contribution in [2.45, 2.75) is 35.5 Å². The third-order valence-electron chi connectivity index (χ3n) is 3.19. The Labute approximate surface area is 101 Å². The van der Waals surface area contributed by atoms with Gasteiger partial charge in [0.1, 0.15) is 10.6 Å². The van der Waals surface area contributed by atoms with Gasteiger partial charge in [-0.15, -0.1) is 0 Å². The summed E-state index contributed by atoms with van der Waals surface area (Å²) in [6, 6.07) is 6.53. The van der Waals surface area contributed by atoms with Crippen LogP contribution in [0.25, 0.3) is 0 Å². The van der Waals surface area contributed by atoms with Crippen LogP contribution < -0.4 is 4.74 Å². The number of para-hydroxylation sites is 1. The van der Waals surface area contributed by atoms with Crippen molar-refractivity contribution in [1.29, 1.82) is 0 Å². The number of methoxy groups -OCH3 is 1. The van der Waals surface area contributed by atoms with Crippen LogP contribution in [0.5, 0.6) is 5.75 Å². The molecule has 0 saturated heterocycles. The van der Waals surface area contributed by atoms with Crippen LogP contribution in [0.1, 0.15) is 19.3 Å². The van der Waals surface area contributed by atoms with Crippen LogP contribution in [-0.2, 0) is 9.84 Å². The minimum Gasteiger partial charge on any atom is -0.495 e. The van der Waals surface area contributed by atoms with Crippen LogP contribution in [0.15, 0.2) is 29.2 Å². The van der Waals surface area contributed by atoms with Gasteiger partial charge in [-0.1, -0.05) is 12.1 Å². The van der Waals surface area contributed by atoms with E-state index in [-0.39, 0.29) is 4.90 Å². The molecule has 1 aliphatic rings. The lowest BCUT2D eigenvalue weighted by Crippen LogP contribution is -2.29. The Morgan fingerprint density at radius 1 is 1.29 bits per heavy atom. The molecule has 0 aliphatic heterocycles. The van der Waals surface area contributed by atoms with E-state index in [0.717, 1.165) is 6.42 Å².